The van der Waals surface area contributed by atoms with Crippen LogP contribution in [-0.4, -0.2) is 6.61 Å². The minimum Gasteiger partial charge on any atom is -0.377 e. The molecule has 1 aromatic rings. The molecular weight excluding hydrogens is 179 g/mol. The highest BCUT2D eigenvalue weighted by Crippen LogP contribution is 2.08. The summed E-state index contributed by atoms with van der Waals surface area (Å²) in [6.07, 6.45) is 1.02. The zero-order valence-electron chi connectivity index (χ0n) is 8.79. The average Bonchev–Trinajstić information content (AvgIpc) is 2.15. The molecule has 0 saturated heterocycles. The Balaban J connectivity index is 2.28. The molecule has 0 spiro atoms. The van der Waals surface area contributed by atoms with Crippen LogP contribution < -0.4 is 0 Å². The Kier molecular flexibility index (Phi) is 4.60. The van der Waals surface area contributed by atoms with E-state index in [1.54, 1.807) is 12.1 Å². The minimum atomic E-state index is -0.183. The van der Waals surface area contributed by atoms with Gasteiger partial charge in [0.25, 0.3) is 0 Å². The molecule has 0 N–H and O–H groups in total. The van der Waals surface area contributed by atoms with Crippen molar-refractivity contribution in [1.82, 2.24) is 0 Å². The maximum atomic E-state index is 13.1. The number of halogens is 1. The van der Waals surface area contributed by atoms with Gasteiger partial charge < -0.3 is 4.74 Å². The van der Waals surface area contributed by atoms with Gasteiger partial charge in [-0.05, 0) is 18.4 Å². The van der Waals surface area contributed by atoms with Crippen LogP contribution >= 0.6 is 0 Å². The minimum absolute atomic E-state index is 0.183. The van der Waals surface area contributed by atoms with E-state index >= 15 is 0 Å². The van der Waals surface area contributed by atoms with Crippen LogP contribution in [0.4, 0.5) is 4.39 Å². The Morgan fingerprint density at radius 1 is 1.29 bits per heavy atom. The molecule has 2 heteroatoms. The number of rotatable bonds is 5. The maximum absolute atomic E-state index is 13.1. The third-order valence-electron chi connectivity index (χ3n) is 2.05. The smallest absolute Gasteiger partial charge is 0.128 e. The molecule has 0 atom stereocenters. The van der Waals surface area contributed by atoms with E-state index in [2.05, 4.69) is 13.8 Å². The van der Waals surface area contributed by atoms with Crippen LogP contribution in [-0.2, 0) is 11.3 Å². The van der Waals surface area contributed by atoms with E-state index in [9.17, 15) is 4.39 Å². The summed E-state index contributed by atoms with van der Waals surface area (Å²) in [4.78, 5) is 0. The van der Waals surface area contributed by atoms with Gasteiger partial charge in [0.15, 0.2) is 0 Å². The molecule has 0 amide bonds. The van der Waals surface area contributed by atoms with Gasteiger partial charge in [-0.3, -0.25) is 0 Å². The number of ether oxygens (including phenoxy) is 1. The van der Waals surface area contributed by atoms with Crippen molar-refractivity contribution in [1.29, 1.82) is 0 Å². The molecule has 78 valence electrons. The van der Waals surface area contributed by atoms with Gasteiger partial charge in [0.1, 0.15) is 5.82 Å². The molecule has 1 aromatic carbocycles. The fraction of sp³-hybridized carbons (Fsp3) is 0.500. The summed E-state index contributed by atoms with van der Waals surface area (Å²) in [7, 11) is 0. The fourth-order valence-electron chi connectivity index (χ4n) is 1.12. The number of hydrogen-bond donors (Lipinski definition) is 0. The fourth-order valence-corrected chi connectivity index (χ4v) is 1.12. The van der Waals surface area contributed by atoms with Gasteiger partial charge >= 0.3 is 0 Å². The molecule has 0 heterocycles. The number of hydrogen-bond acceptors (Lipinski definition) is 1. The van der Waals surface area contributed by atoms with E-state index in [0.29, 0.717) is 24.7 Å². The maximum Gasteiger partial charge on any atom is 0.128 e. The molecule has 1 nitrogen and oxygen atoms in total. The number of benzene rings is 1. The molecular formula is C12H17FO. The molecule has 0 fully saturated rings. The van der Waals surface area contributed by atoms with Gasteiger partial charge in [0.2, 0.25) is 0 Å². The lowest BCUT2D eigenvalue weighted by molar-refractivity contribution is 0.108. The van der Waals surface area contributed by atoms with Crippen molar-refractivity contribution in [2.75, 3.05) is 6.61 Å². The van der Waals surface area contributed by atoms with Gasteiger partial charge in [-0.25, -0.2) is 4.39 Å². The Bertz CT molecular complexity index is 271. The first kappa shape index (κ1) is 11.2. The van der Waals surface area contributed by atoms with E-state index in [1.807, 2.05) is 6.07 Å². The van der Waals surface area contributed by atoms with Crippen molar-refractivity contribution in [3.8, 4) is 0 Å². The summed E-state index contributed by atoms with van der Waals surface area (Å²) in [5.74, 6) is 0.452. The van der Waals surface area contributed by atoms with Gasteiger partial charge in [-0.1, -0.05) is 32.0 Å². The van der Waals surface area contributed by atoms with Crippen molar-refractivity contribution >= 4 is 0 Å². The largest absolute Gasteiger partial charge is 0.377 e. The van der Waals surface area contributed by atoms with Crippen LogP contribution in [0, 0.1) is 11.7 Å². The predicted octanol–water partition coefficient (Wildman–Crippen LogP) is 3.39. The van der Waals surface area contributed by atoms with Crippen LogP contribution in [0.25, 0.3) is 0 Å². The molecule has 0 aliphatic rings. The van der Waals surface area contributed by atoms with Gasteiger partial charge in [0, 0.05) is 12.2 Å². The molecule has 0 radical (unpaired) electrons. The van der Waals surface area contributed by atoms with Crippen molar-refractivity contribution in [2.45, 2.75) is 26.9 Å². The monoisotopic (exact) mass is 196 g/mol. The lowest BCUT2D eigenvalue weighted by Crippen LogP contribution is -2.00. The van der Waals surface area contributed by atoms with Gasteiger partial charge in [-0.15, -0.1) is 0 Å². The first-order valence-electron chi connectivity index (χ1n) is 5.01. The molecule has 0 aliphatic heterocycles. The highest BCUT2D eigenvalue weighted by atomic mass is 19.1. The highest BCUT2D eigenvalue weighted by molar-refractivity contribution is 5.16. The lowest BCUT2D eigenvalue weighted by atomic mass is 10.1. The zero-order chi connectivity index (χ0) is 10.4. The first-order valence-corrected chi connectivity index (χ1v) is 5.01. The van der Waals surface area contributed by atoms with E-state index in [4.69, 9.17) is 4.74 Å². The third kappa shape index (κ3) is 3.88. The molecule has 0 aromatic heterocycles. The SMILES string of the molecule is CC(C)CCOCc1ccccc1F. The summed E-state index contributed by atoms with van der Waals surface area (Å²) in [5.41, 5.74) is 0.635. The molecule has 0 unspecified atom stereocenters. The Hall–Kier alpha value is -0.890. The second kappa shape index (κ2) is 5.76. The second-order valence-electron chi connectivity index (χ2n) is 3.83. The lowest BCUT2D eigenvalue weighted by Gasteiger charge is -2.06. The molecule has 0 bridgehead atoms. The van der Waals surface area contributed by atoms with E-state index in [0.717, 1.165) is 6.42 Å². The normalized spacial score (nSPS) is 10.9. The summed E-state index contributed by atoms with van der Waals surface area (Å²) >= 11 is 0. The topological polar surface area (TPSA) is 9.23 Å². The standard InChI is InChI=1S/C12H17FO/c1-10(2)7-8-14-9-11-5-3-4-6-12(11)13/h3-6,10H,7-9H2,1-2H3. The van der Waals surface area contributed by atoms with Gasteiger partial charge in [0.05, 0.1) is 6.61 Å². The summed E-state index contributed by atoms with van der Waals surface area (Å²) < 4.78 is 18.5. The van der Waals surface area contributed by atoms with E-state index in [1.165, 1.54) is 6.07 Å². The van der Waals surface area contributed by atoms with E-state index < -0.39 is 0 Å². The summed E-state index contributed by atoms with van der Waals surface area (Å²) in [5, 5.41) is 0. The molecule has 0 aliphatic carbocycles. The van der Waals surface area contributed by atoms with Gasteiger partial charge in [-0.2, -0.15) is 0 Å². The first-order chi connectivity index (χ1) is 6.70. The van der Waals surface area contributed by atoms with Crippen LogP contribution in [0.15, 0.2) is 24.3 Å². The third-order valence-corrected chi connectivity index (χ3v) is 2.05. The van der Waals surface area contributed by atoms with Crippen LogP contribution in [0.1, 0.15) is 25.8 Å². The molecule has 14 heavy (non-hydrogen) atoms. The predicted molar refractivity (Wildman–Crippen MR) is 55.5 cm³/mol. The van der Waals surface area contributed by atoms with Crippen LogP contribution in [0.3, 0.4) is 0 Å². The Labute approximate surface area is 84.9 Å². The second-order valence-corrected chi connectivity index (χ2v) is 3.83. The summed E-state index contributed by atoms with van der Waals surface area (Å²) in [6, 6.07) is 6.73. The van der Waals surface area contributed by atoms with Crippen molar-refractivity contribution in [2.24, 2.45) is 5.92 Å². The van der Waals surface area contributed by atoms with Crippen molar-refractivity contribution < 1.29 is 9.13 Å². The molecule has 1 rings (SSSR count). The average molecular weight is 196 g/mol. The summed E-state index contributed by atoms with van der Waals surface area (Å²) in [6.45, 7) is 5.37. The van der Waals surface area contributed by atoms with E-state index in [-0.39, 0.29) is 5.82 Å². The Morgan fingerprint density at radius 3 is 2.64 bits per heavy atom. The quantitative estimate of drug-likeness (QED) is 0.656. The van der Waals surface area contributed by atoms with Crippen LogP contribution in [0.5, 0.6) is 0 Å². The Morgan fingerprint density at radius 2 is 2.00 bits per heavy atom. The van der Waals surface area contributed by atoms with Crippen molar-refractivity contribution in [3.63, 3.8) is 0 Å². The zero-order valence-corrected chi connectivity index (χ0v) is 8.79. The molecule has 0 saturated carbocycles. The van der Waals surface area contributed by atoms with Crippen molar-refractivity contribution in [3.05, 3.63) is 35.6 Å². The highest BCUT2D eigenvalue weighted by Gasteiger charge is 2.00. The van der Waals surface area contributed by atoms with Crippen LogP contribution in [0.2, 0.25) is 0 Å².